The topological polar surface area (TPSA) is 22.0 Å². The fraction of sp³-hybridized carbons (Fsp3) is 0.182. The molecule has 0 spiro atoms. The molecule has 84 valence electrons. The summed E-state index contributed by atoms with van der Waals surface area (Å²) in [5, 5.41) is 0.0920. The van der Waals surface area contributed by atoms with Gasteiger partial charge in [0.1, 0.15) is 9.36 Å². The van der Waals surface area contributed by atoms with Crippen molar-refractivity contribution in [1.82, 2.24) is 3.96 Å². The molecule has 1 heterocycles. The Hall–Kier alpha value is -0.770. The van der Waals surface area contributed by atoms with E-state index in [4.69, 9.17) is 23.2 Å². The molecule has 16 heavy (non-hydrogen) atoms. The van der Waals surface area contributed by atoms with Crippen LogP contribution in [0.25, 0.3) is 5.69 Å². The molecule has 1 aromatic heterocycles. The summed E-state index contributed by atoms with van der Waals surface area (Å²) < 4.78 is 1.87. The molecule has 0 aliphatic carbocycles. The quantitative estimate of drug-likeness (QED) is 0.774. The minimum atomic E-state index is -0.255. The number of aryl methyl sites for hydroxylation is 2. The van der Waals surface area contributed by atoms with Gasteiger partial charge in [-0.1, -0.05) is 41.4 Å². The lowest BCUT2D eigenvalue weighted by atomic mass is 10.1. The highest BCUT2D eigenvalue weighted by Gasteiger charge is 2.15. The highest BCUT2D eigenvalue weighted by molar-refractivity contribution is 7.12. The fourth-order valence-electron chi connectivity index (χ4n) is 1.61. The molecular weight excluding hydrogens is 265 g/mol. The number of halogens is 2. The molecule has 0 fully saturated rings. The maximum atomic E-state index is 11.9. The SMILES string of the molecule is Cc1cccc(C)c1-n1sc(Cl)c(Cl)c1=O. The second-order valence-corrected chi connectivity index (χ2v) is 5.45. The summed E-state index contributed by atoms with van der Waals surface area (Å²) in [7, 11) is 0. The van der Waals surface area contributed by atoms with Crippen molar-refractivity contribution in [3.8, 4) is 5.69 Å². The molecule has 0 aliphatic rings. The molecule has 2 nitrogen and oxygen atoms in total. The van der Waals surface area contributed by atoms with E-state index in [9.17, 15) is 4.79 Å². The lowest BCUT2D eigenvalue weighted by molar-refractivity contribution is 1.09. The van der Waals surface area contributed by atoms with Crippen LogP contribution in [-0.4, -0.2) is 3.96 Å². The summed E-state index contributed by atoms with van der Waals surface area (Å²) in [6.07, 6.45) is 0. The zero-order chi connectivity index (χ0) is 11.9. The van der Waals surface area contributed by atoms with Crippen LogP contribution >= 0.6 is 34.7 Å². The number of benzene rings is 1. The zero-order valence-electron chi connectivity index (χ0n) is 8.75. The minimum absolute atomic E-state index is 0.0920. The van der Waals surface area contributed by atoms with Crippen LogP contribution in [0, 0.1) is 13.8 Å². The summed E-state index contributed by atoms with van der Waals surface area (Å²) in [4.78, 5) is 11.9. The first-order valence-electron chi connectivity index (χ1n) is 4.66. The van der Waals surface area contributed by atoms with Crippen LogP contribution in [0.15, 0.2) is 23.0 Å². The van der Waals surface area contributed by atoms with Gasteiger partial charge < -0.3 is 0 Å². The highest BCUT2D eigenvalue weighted by atomic mass is 35.5. The lowest BCUT2D eigenvalue weighted by Gasteiger charge is -2.08. The summed E-state index contributed by atoms with van der Waals surface area (Å²) in [5.41, 5.74) is 2.66. The number of para-hydroxylation sites is 1. The number of nitrogens with zero attached hydrogens (tertiary/aromatic N) is 1. The Balaban J connectivity index is 2.78. The first-order valence-corrected chi connectivity index (χ1v) is 6.19. The van der Waals surface area contributed by atoms with Gasteiger partial charge in [0, 0.05) is 0 Å². The maximum absolute atomic E-state index is 11.9. The van der Waals surface area contributed by atoms with Crippen LogP contribution in [0.5, 0.6) is 0 Å². The average molecular weight is 274 g/mol. The van der Waals surface area contributed by atoms with Crippen molar-refractivity contribution in [2.24, 2.45) is 0 Å². The van der Waals surface area contributed by atoms with Crippen molar-refractivity contribution >= 4 is 34.7 Å². The predicted octanol–water partition coefficient (Wildman–Crippen LogP) is 3.82. The van der Waals surface area contributed by atoms with E-state index in [1.54, 1.807) is 0 Å². The van der Waals surface area contributed by atoms with E-state index < -0.39 is 0 Å². The largest absolute Gasteiger partial charge is 0.285 e. The molecule has 0 bridgehead atoms. The molecule has 0 aliphatic heterocycles. The van der Waals surface area contributed by atoms with Crippen LogP contribution in [0.3, 0.4) is 0 Å². The zero-order valence-corrected chi connectivity index (χ0v) is 11.1. The van der Waals surface area contributed by atoms with Gasteiger partial charge in [-0.05, 0) is 36.5 Å². The lowest BCUT2D eigenvalue weighted by Crippen LogP contribution is -2.13. The first-order chi connectivity index (χ1) is 7.52. The van der Waals surface area contributed by atoms with Crippen molar-refractivity contribution in [2.45, 2.75) is 13.8 Å². The third kappa shape index (κ3) is 1.79. The Bertz CT molecular complexity index is 580. The smallest absolute Gasteiger partial charge is 0.266 e. The predicted molar refractivity (Wildman–Crippen MR) is 69.4 cm³/mol. The molecular formula is C11H9Cl2NOS. The first kappa shape index (κ1) is 11.7. The molecule has 0 atom stereocenters. The Labute approximate surface area is 107 Å². The Morgan fingerprint density at radius 1 is 1.19 bits per heavy atom. The monoisotopic (exact) mass is 273 g/mol. The summed E-state index contributed by atoms with van der Waals surface area (Å²) in [6.45, 7) is 3.91. The van der Waals surface area contributed by atoms with Gasteiger partial charge >= 0.3 is 0 Å². The van der Waals surface area contributed by atoms with Gasteiger partial charge in [-0.15, -0.1) is 0 Å². The molecule has 5 heteroatoms. The minimum Gasteiger partial charge on any atom is -0.266 e. The number of hydrogen-bond donors (Lipinski definition) is 0. The number of aromatic nitrogens is 1. The Morgan fingerprint density at radius 2 is 1.75 bits per heavy atom. The molecule has 2 aromatic rings. The van der Waals surface area contributed by atoms with Crippen LogP contribution in [0.4, 0.5) is 0 Å². The molecule has 0 radical (unpaired) electrons. The molecule has 2 rings (SSSR count). The van der Waals surface area contributed by atoms with E-state index in [-0.39, 0.29) is 10.6 Å². The van der Waals surface area contributed by atoms with Gasteiger partial charge in [-0.3, -0.25) is 4.79 Å². The van der Waals surface area contributed by atoms with Crippen LogP contribution < -0.4 is 5.56 Å². The third-order valence-corrected chi connectivity index (χ3v) is 4.21. The summed E-state index contributed by atoms with van der Waals surface area (Å²) in [6, 6.07) is 5.86. The molecule has 0 saturated carbocycles. The standard InChI is InChI=1S/C11H9Cl2NOS/c1-6-4-3-5-7(2)9(6)14-11(15)8(12)10(13)16-14/h3-5H,1-2H3. The molecule has 0 amide bonds. The van der Waals surface area contributed by atoms with Crippen molar-refractivity contribution in [3.63, 3.8) is 0 Å². The number of hydrogen-bond acceptors (Lipinski definition) is 2. The van der Waals surface area contributed by atoms with E-state index in [0.29, 0.717) is 4.34 Å². The van der Waals surface area contributed by atoms with Crippen molar-refractivity contribution in [3.05, 3.63) is 49.0 Å². The van der Waals surface area contributed by atoms with Crippen molar-refractivity contribution in [1.29, 1.82) is 0 Å². The van der Waals surface area contributed by atoms with E-state index in [1.165, 1.54) is 3.96 Å². The Morgan fingerprint density at radius 3 is 2.19 bits per heavy atom. The van der Waals surface area contributed by atoms with Crippen molar-refractivity contribution < 1.29 is 0 Å². The Kier molecular flexibility index (Phi) is 3.10. The number of rotatable bonds is 1. The highest BCUT2D eigenvalue weighted by Crippen LogP contribution is 2.28. The van der Waals surface area contributed by atoms with Gasteiger partial charge in [-0.25, -0.2) is 3.96 Å². The van der Waals surface area contributed by atoms with Crippen LogP contribution in [0.1, 0.15) is 11.1 Å². The van der Waals surface area contributed by atoms with Gasteiger partial charge in [0.2, 0.25) is 0 Å². The summed E-state index contributed by atoms with van der Waals surface area (Å²) >= 11 is 12.8. The van der Waals surface area contributed by atoms with Gasteiger partial charge in [0.25, 0.3) is 5.56 Å². The van der Waals surface area contributed by atoms with Gasteiger partial charge in [0.15, 0.2) is 0 Å². The fourth-order valence-corrected chi connectivity index (χ4v) is 3.02. The third-order valence-electron chi connectivity index (χ3n) is 2.36. The van der Waals surface area contributed by atoms with E-state index in [2.05, 4.69) is 0 Å². The van der Waals surface area contributed by atoms with Crippen LogP contribution in [0.2, 0.25) is 9.36 Å². The molecule has 0 unspecified atom stereocenters. The normalized spacial score (nSPS) is 10.8. The second-order valence-electron chi connectivity index (χ2n) is 3.52. The van der Waals surface area contributed by atoms with E-state index in [0.717, 1.165) is 28.3 Å². The second kappa shape index (κ2) is 4.24. The molecule has 0 N–H and O–H groups in total. The van der Waals surface area contributed by atoms with Gasteiger partial charge in [0.05, 0.1) is 5.69 Å². The molecule has 0 saturated heterocycles. The maximum Gasteiger partial charge on any atom is 0.285 e. The van der Waals surface area contributed by atoms with Crippen LogP contribution in [-0.2, 0) is 0 Å². The molecule has 1 aromatic carbocycles. The van der Waals surface area contributed by atoms with Crippen molar-refractivity contribution in [2.75, 3.05) is 0 Å². The average Bonchev–Trinajstić information content (AvgIpc) is 2.47. The van der Waals surface area contributed by atoms with E-state index >= 15 is 0 Å². The van der Waals surface area contributed by atoms with Gasteiger partial charge in [-0.2, -0.15) is 0 Å². The summed E-state index contributed by atoms with van der Waals surface area (Å²) in [5.74, 6) is 0. The van der Waals surface area contributed by atoms with E-state index in [1.807, 2.05) is 32.0 Å².